The van der Waals surface area contributed by atoms with E-state index in [1.54, 1.807) is 6.20 Å². The molecule has 3 heterocycles. The van der Waals surface area contributed by atoms with Gasteiger partial charge in [0.25, 0.3) is 5.91 Å². The second kappa shape index (κ2) is 5.37. The second-order valence-electron chi connectivity index (χ2n) is 5.98. The van der Waals surface area contributed by atoms with Crippen molar-refractivity contribution in [2.24, 2.45) is 0 Å². The lowest BCUT2D eigenvalue weighted by molar-refractivity contribution is -0.0872. The molecule has 1 amide bonds. The molecule has 2 saturated heterocycles. The van der Waals surface area contributed by atoms with E-state index in [4.69, 9.17) is 9.47 Å². The summed E-state index contributed by atoms with van der Waals surface area (Å²) < 4.78 is 11.4. The smallest absolute Gasteiger partial charge is 0.252 e. The summed E-state index contributed by atoms with van der Waals surface area (Å²) in [6.45, 7) is 2.09. The number of hydrogen-bond donors (Lipinski definition) is 2. The molecule has 1 unspecified atom stereocenters. The van der Waals surface area contributed by atoms with Crippen LogP contribution in [0.5, 0.6) is 0 Å². The predicted octanol–water partition coefficient (Wildman–Crippen LogP) is 1.63. The van der Waals surface area contributed by atoms with Crippen LogP contribution in [0, 0.1) is 0 Å². The van der Waals surface area contributed by atoms with Gasteiger partial charge in [0.1, 0.15) is 0 Å². The van der Waals surface area contributed by atoms with Gasteiger partial charge in [0.15, 0.2) is 0 Å². The number of rotatable bonds is 2. The molecule has 1 aromatic heterocycles. The summed E-state index contributed by atoms with van der Waals surface area (Å²) >= 11 is 0. The highest BCUT2D eigenvalue weighted by Gasteiger charge is 2.46. The average Bonchev–Trinajstić information content (AvgIpc) is 3.16. The van der Waals surface area contributed by atoms with Crippen molar-refractivity contribution in [3.63, 3.8) is 0 Å². The fourth-order valence-corrected chi connectivity index (χ4v) is 3.56. The molecule has 1 spiro atoms. The fourth-order valence-electron chi connectivity index (χ4n) is 3.56. The van der Waals surface area contributed by atoms with Gasteiger partial charge in [0, 0.05) is 38.0 Å². The summed E-state index contributed by atoms with van der Waals surface area (Å²) in [6, 6.07) is 5.66. The number of nitrogens with one attached hydrogen (secondary N) is 2. The number of amides is 1. The number of fused-ring (bicyclic) bond motifs is 1. The zero-order chi connectivity index (χ0) is 15.0. The molecular weight excluding hydrogens is 282 g/mol. The van der Waals surface area contributed by atoms with Crippen LogP contribution in [0.15, 0.2) is 24.4 Å². The summed E-state index contributed by atoms with van der Waals surface area (Å²) in [7, 11) is 0. The largest absolute Gasteiger partial charge is 0.381 e. The normalized spacial score (nSPS) is 23.9. The van der Waals surface area contributed by atoms with Gasteiger partial charge in [0.2, 0.25) is 0 Å². The summed E-state index contributed by atoms with van der Waals surface area (Å²) in [5.74, 6) is -0.0617. The molecule has 116 valence electrons. The Hall–Kier alpha value is -1.92. The molecule has 0 radical (unpaired) electrons. The first kappa shape index (κ1) is 13.7. The maximum atomic E-state index is 12.7. The van der Waals surface area contributed by atoms with Crippen LogP contribution in [0.2, 0.25) is 0 Å². The first-order valence-electron chi connectivity index (χ1n) is 7.73. The third-order valence-electron chi connectivity index (χ3n) is 4.80. The molecule has 1 aromatic carbocycles. The van der Waals surface area contributed by atoms with Gasteiger partial charge in [-0.2, -0.15) is 5.10 Å². The Bertz CT molecular complexity index is 691. The van der Waals surface area contributed by atoms with Crippen LogP contribution in [0.3, 0.4) is 0 Å². The highest BCUT2D eigenvalue weighted by Crippen LogP contribution is 2.35. The lowest BCUT2D eigenvalue weighted by atomic mass is 9.86. The van der Waals surface area contributed by atoms with Gasteiger partial charge < -0.3 is 14.8 Å². The first-order chi connectivity index (χ1) is 10.8. The topological polar surface area (TPSA) is 76.2 Å². The van der Waals surface area contributed by atoms with Crippen LogP contribution in [0.1, 0.15) is 29.6 Å². The number of carbonyl (C=O) groups is 1. The average molecular weight is 301 g/mol. The summed E-state index contributed by atoms with van der Waals surface area (Å²) in [5.41, 5.74) is 1.27. The number of benzene rings is 1. The van der Waals surface area contributed by atoms with Gasteiger partial charge in [0.05, 0.1) is 28.9 Å². The van der Waals surface area contributed by atoms with Crippen LogP contribution in [0.25, 0.3) is 10.9 Å². The van der Waals surface area contributed by atoms with Crippen LogP contribution in [-0.4, -0.2) is 47.6 Å². The zero-order valence-corrected chi connectivity index (χ0v) is 12.3. The Morgan fingerprint density at radius 3 is 3.05 bits per heavy atom. The van der Waals surface area contributed by atoms with E-state index in [2.05, 4.69) is 15.5 Å². The van der Waals surface area contributed by atoms with Crippen molar-refractivity contribution in [2.75, 3.05) is 19.8 Å². The minimum atomic E-state index is -0.252. The SMILES string of the molecule is O=C(NC1CCOC12CCOCC2)c1cccc2[nH]ncc12. The molecule has 6 heteroatoms. The number of hydrogen-bond acceptors (Lipinski definition) is 4. The monoisotopic (exact) mass is 301 g/mol. The molecule has 22 heavy (non-hydrogen) atoms. The van der Waals surface area contributed by atoms with E-state index in [-0.39, 0.29) is 17.6 Å². The minimum absolute atomic E-state index is 0.0473. The van der Waals surface area contributed by atoms with Gasteiger partial charge in [-0.25, -0.2) is 0 Å². The quantitative estimate of drug-likeness (QED) is 0.884. The maximum Gasteiger partial charge on any atom is 0.252 e. The molecule has 4 rings (SSSR count). The molecule has 0 bridgehead atoms. The Morgan fingerprint density at radius 2 is 2.18 bits per heavy atom. The van der Waals surface area contributed by atoms with Crippen LogP contribution in [0.4, 0.5) is 0 Å². The van der Waals surface area contributed by atoms with Crippen molar-refractivity contribution in [3.8, 4) is 0 Å². The molecule has 0 saturated carbocycles. The lowest BCUT2D eigenvalue weighted by Gasteiger charge is -2.37. The summed E-state index contributed by atoms with van der Waals surface area (Å²) in [6.07, 6.45) is 4.23. The van der Waals surface area contributed by atoms with Gasteiger partial charge >= 0.3 is 0 Å². The first-order valence-corrected chi connectivity index (χ1v) is 7.73. The Kier molecular flexibility index (Phi) is 3.35. The van der Waals surface area contributed by atoms with Crippen molar-refractivity contribution in [2.45, 2.75) is 30.9 Å². The van der Waals surface area contributed by atoms with E-state index in [1.807, 2.05) is 18.2 Å². The highest BCUT2D eigenvalue weighted by molar-refractivity contribution is 6.06. The third kappa shape index (κ3) is 2.19. The van der Waals surface area contributed by atoms with Gasteiger partial charge in [-0.15, -0.1) is 0 Å². The molecule has 2 aliphatic heterocycles. The van der Waals surface area contributed by atoms with E-state index in [0.717, 1.165) is 30.2 Å². The molecule has 0 aliphatic carbocycles. The van der Waals surface area contributed by atoms with Crippen molar-refractivity contribution in [1.82, 2.24) is 15.5 Å². The van der Waals surface area contributed by atoms with Crippen molar-refractivity contribution in [3.05, 3.63) is 30.0 Å². The molecule has 2 aliphatic rings. The van der Waals surface area contributed by atoms with E-state index < -0.39 is 0 Å². The molecule has 2 fully saturated rings. The van der Waals surface area contributed by atoms with Gasteiger partial charge in [-0.05, 0) is 18.6 Å². The zero-order valence-electron chi connectivity index (χ0n) is 12.3. The van der Waals surface area contributed by atoms with Crippen molar-refractivity contribution < 1.29 is 14.3 Å². The van der Waals surface area contributed by atoms with Gasteiger partial charge in [-0.3, -0.25) is 9.89 Å². The molecule has 6 nitrogen and oxygen atoms in total. The molecule has 2 aromatic rings. The predicted molar refractivity (Wildman–Crippen MR) is 80.7 cm³/mol. The molecule has 2 N–H and O–H groups in total. The number of nitrogens with zero attached hydrogens (tertiary/aromatic N) is 1. The van der Waals surface area contributed by atoms with Gasteiger partial charge in [-0.1, -0.05) is 6.07 Å². The fraction of sp³-hybridized carbons (Fsp3) is 0.500. The highest BCUT2D eigenvalue weighted by atomic mass is 16.5. The van der Waals surface area contributed by atoms with Crippen molar-refractivity contribution >= 4 is 16.8 Å². The van der Waals surface area contributed by atoms with E-state index in [1.165, 1.54) is 0 Å². The van der Waals surface area contributed by atoms with E-state index >= 15 is 0 Å². The number of aromatic amines is 1. The van der Waals surface area contributed by atoms with Crippen LogP contribution < -0.4 is 5.32 Å². The number of H-pyrrole nitrogens is 1. The summed E-state index contributed by atoms with van der Waals surface area (Å²) in [5, 5.41) is 10.9. The molecular formula is C16H19N3O3. The maximum absolute atomic E-state index is 12.7. The number of ether oxygens (including phenoxy) is 2. The lowest BCUT2D eigenvalue weighted by Crippen LogP contribution is -2.52. The summed E-state index contributed by atoms with van der Waals surface area (Å²) in [4.78, 5) is 12.7. The Labute approximate surface area is 128 Å². The second-order valence-corrected chi connectivity index (χ2v) is 5.98. The number of aromatic nitrogens is 2. The van der Waals surface area contributed by atoms with E-state index in [9.17, 15) is 4.79 Å². The van der Waals surface area contributed by atoms with Crippen LogP contribution >= 0.6 is 0 Å². The van der Waals surface area contributed by atoms with E-state index in [0.29, 0.717) is 25.4 Å². The Balaban J connectivity index is 1.57. The minimum Gasteiger partial charge on any atom is -0.381 e. The third-order valence-corrected chi connectivity index (χ3v) is 4.80. The molecule has 1 atom stereocenters. The number of carbonyl (C=O) groups excluding carboxylic acids is 1. The Morgan fingerprint density at radius 1 is 1.32 bits per heavy atom. The van der Waals surface area contributed by atoms with Crippen LogP contribution in [-0.2, 0) is 9.47 Å². The van der Waals surface area contributed by atoms with Crippen molar-refractivity contribution in [1.29, 1.82) is 0 Å². The standard InChI is InChI=1S/C16H19N3O3/c20-15(11-2-1-3-13-12(11)10-17-19-13)18-14-4-7-22-16(14)5-8-21-9-6-16/h1-3,10,14H,4-9H2,(H,17,19)(H,18,20).